The van der Waals surface area contributed by atoms with Gasteiger partial charge in [0, 0.05) is 30.3 Å². The molecule has 0 aliphatic heterocycles. The molecule has 1 rings (SSSR count). The molecule has 1 aromatic carbocycles. The zero-order valence-electron chi connectivity index (χ0n) is 12.6. The predicted molar refractivity (Wildman–Crippen MR) is 86.1 cm³/mol. The van der Waals surface area contributed by atoms with Crippen LogP contribution in [0.25, 0.3) is 0 Å². The molecule has 2 atom stereocenters. The summed E-state index contributed by atoms with van der Waals surface area (Å²) >= 11 is 6.12. The molecule has 2 unspecified atom stereocenters. The van der Waals surface area contributed by atoms with E-state index in [0.29, 0.717) is 5.92 Å². The molecule has 0 saturated carbocycles. The lowest BCUT2D eigenvalue weighted by atomic mass is 10.0. The number of nitrogens with two attached hydrogens (primary N) is 1. The zero-order chi connectivity index (χ0) is 14.4. The van der Waals surface area contributed by atoms with Crippen molar-refractivity contribution >= 4 is 17.3 Å². The third-order valence-corrected chi connectivity index (χ3v) is 3.98. The standard InChI is InChI=1S/C16H27ClN2/c1-5-12(3)11-19(4)16-8-7-14(17)9-13(16)10-15(18)6-2/h7-9,12,15H,5-6,10-11,18H2,1-4H3. The van der Waals surface area contributed by atoms with Crippen molar-refractivity contribution < 1.29 is 0 Å². The minimum atomic E-state index is 0.203. The van der Waals surface area contributed by atoms with Gasteiger partial charge >= 0.3 is 0 Å². The van der Waals surface area contributed by atoms with Crippen LogP contribution >= 0.6 is 11.6 Å². The fraction of sp³-hybridized carbons (Fsp3) is 0.625. The van der Waals surface area contributed by atoms with Crippen molar-refractivity contribution in [3.8, 4) is 0 Å². The molecule has 2 N–H and O–H groups in total. The molecular weight excluding hydrogens is 256 g/mol. The highest BCUT2D eigenvalue weighted by molar-refractivity contribution is 6.30. The van der Waals surface area contributed by atoms with E-state index in [1.54, 1.807) is 0 Å². The van der Waals surface area contributed by atoms with E-state index in [0.717, 1.165) is 24.4 Å². The summed E-state index contributed by atoms with van der Waals surface area (Å²) in [6.07, 6.45) is 3.07. The van der Waals surface area contributed by atoms with Crippen molar-refractivity contribution in [2.75, 3.05) is 18.5 Å². The van der Waals surface area contributed by atoms with Crippen LogP contribution in [0.4, 0.5) is 5.69 Å². The maximum Gasteiger partial charge on any atom is 0.0410 e. The van der Waals surface area contributed by atoms with Gasteiger partial charge in [-0.15, -0.1) is 0 Å². The summed E-state index contributed by atoms with van der Waals surface area (Å²) in [6.45, 7) is 7.70. The molecule has 0 aliphatic carbocycles. The largest absolute Gasteiger partial charge is 0.374 e. The van der Waals surface area contributed by atoms with Crippen LogP contribution in [0.15, 0.2) is 18.2 Å². The van der Waals surface area contributed by atoms with Gasteiger partial charge in [-0.1, -0.05) is 38.8 Å². The number of hydrogen-bond donors (Lipinski definition) is 1. The summed E-state index contributed by atoms with van der Waals surface area (Å²) in [5.74, 6) is 0.688. The fourth-order valence-electron chi connectivity index (χ4n) is 2.21. The average molecular weight is 283 g/mol. The number of benzene rings is 1. The molecule has 2 nitrogen and oxygen atoms in total. The first-order chi connectivity index (χ1) is 8.97. The molecule has 0 spiro atoms. The molecule has 0 aliphatic rings. The molecule has 0 fully saturated rings. The van der Waals surface area contributed by atoms with E-state index in [2.05, 4.69) is 44.9 Å². The number of hydrogen-bond acceptors (Lipinski definition) is 2. The first-order valence-electron chi connectivity index (χ1n) is 7.23. The van der Waals surface area contributed by atoms with Crippen LogP contribution in [-0.4, -0.2) is 19.6 Å². The average Bonchev–Trinajstić information content (AvgIpc) is 2.38. The maximum atomic E-state index is 6.12. The number of nitrogens with zero attached hydrogens (tertiary/aromatic N) is 1. The molecule has 0 amide bonds. The van der Waals surface area contributed by atoms with Crippen molar-refractivity contribution in [2.45, 2.75) is 46.1 Å². The molecule has 0 aromatic heterocycles. The monoisotopic (exact) mass is 282 g/mol. The molecule has 108 valence electrons. The minimum absolute atomic E-state index is 0.203. The second-order valence-corrected chi connectivity index (χ2v) is 5.98. The number of anilines is 1. The molecule has 0 radical (unpaired) electrons. The van der Waals surface area contributed by atoms with E-state index >= 15 is 0 Å². The SMILES string of the molecule is CCC(C)CN(C)c1ccc(Cl)cc1CC(N)CC. The van der Waals surface area contributed by atoms with Crippen molar-refractivity contribution in [3.63, 3.8) is 0 Å². The van der Waals surface area contributed by atoms with E-state index in [1.807, 2.05) is 6.07 Å². The van der Waals surface area contributed by atoms with E-state index in [4.69, 9.17) is 17.3 Å². The lowest BCUT2D eigenvalue weighted by Gasteiger charge is -2.26. The Balaban J connectivity index is 2.92. The van der Waals surface area contributed by atoms with Gasteiger partial charge in [-0.25, -0.2) is 0 Å². The maximum absolute atomic E-state index is 6.12. The second kappa shape index (κ2) is 7.76. The van der Waals surface area contributed by atoms with Crippen LogP contribution < -0.4 is 10.6 Å². The van der Waals surface area contributed by atoms with Gasteiger partial charge in [0.25, 0.3) is 0 Å². The number of halogens is 1. The molecule has 19 heavy (non-hydrogen) atoms. The van der Waals surface area contributed by atoms with Gasteiger partial charge in [0.2, 0.25) is 0 Å². The zero-order valence-corrected chi connectivity index (χ0v) is 13.4. The summed E-state index contributed by atoms with van der Waals surface area (Å²) in [7, 11) is 2.15. The van der Waals surface area contributed by atoms with Gasteiger partial charge in [-0.05, 0) is 42.5 Å². The van der Waals surface area contributed by atoms with Crippen molar-refractivity contribution in [3.05, 3.63) is 28.8 Å². The quantitative estimate of drug-likeness (QED) is 0.816. The van der Waals surface area contributed by atoms with Crippen LogP contribution in [0.1, 0.15) is 39.2 Å². The summed E-state index contributed by atoms with van der Waals surface area (Å²) in [5, 5.41) is 0.791. The van der Waals surface area contributed by atoms with Gasteiger partial charge in [0.15, 0.2) is 0 Å². The van der Waals surface area contributed by atoms with Crippen LogP contribution in [0.5, 0.6) is 0 Å². The molecule has 0 saturated heterocycles. The highest BCUT2D eigenvalue weighted by Gasteiger charge is 2.12. The van der Waals surface area contributed by atoms with Crippen LogP contribution in [0, 0.1) is 5.92 Å². The fourth-order valence-corrected chi connectivity index (χ4v) is 2.41. The normalized spacial score (nSPS) is 14.2. The predicted octanol–water partition coefficient (Wildman–Crippen LogP) is 4.10. The Morgan fingerprint density at radius 2 is 1.95 bits per heavy atom. The van der Waals surface area contributed by atoms with Crippen LogP contribution in [0.2, 0.25) is 5.02 Å². The topological polar surface area (TPSA) is 29.3 Å². The van der Waals surface area contributed by atoms with Crippen molar-refractivity contribution in [2.24, 2.45) is 11.7 Å². The third-order valence-electron chi connectivity index (χ3n) is 3.74. The smallest absolute Gasteiger partial charge is 0.0410 e. The van der Waals surface area contributed by atoms with E-state index in [-0.39, 0.29) is 6.04 Å². The third kappa shape index (κ3) is 5.04. The molecule has 0 bridgehead atoms. The van der Waals surface area contributed by atoms with E-state index in [9.17, 15) is 0 Å². The molecule has 3 heteroatoms. The second-order valence-electron chi connectivity index (χ2n) is 5.54. The Morgan fingerprint density at radius 3 is 2.53 bits per heavy atom. The first-order valence-corrected chi connectivity index (χ1v) is 7.60. The lowest BCUT2D eigenvalue weighted by molar-refractivity contribution is 0.558. The highest BCUT2D eigenvalue weighted by atomic mass is 35.5. The minimum Gasteiger partial charge on any atom is -0.374 e. The van der Waals surface area contributed by atoms with E-state index in [1.165, 1.54) is 17.7 Å². The summed E-state index contributed by atoms with van der Waals surface area (Å²) in [5.41, 5.74) is 8.60. The van der Waals surface area contributed by atoms with Gasteiger partial charge < -0.3 is 10.6 Å². The Labute approximate surface area is 122 Å². The first kappa shape index (κ1) is 16.3. The van der Waals surface area contributed by atoms with Gasteiger partial charge in [-0.3, -0.25) is 0 Å². The Hall–Kier alpha value is -0.730. The summed E-state index contributed by atoms with van der Waals surface area (Å²) in [4.78, 5) is 2.32. The summed E-state index contributed by atoms with van der Waals surface area (Å²) in [6, 6.07) is 6.33. The van der Waals surface area contributed by atoms with Crippen LogP contribution in [0.3, 0.4) is 0 Å². The van der Waals surface area contributed by atoms with E-state index < -0.39 is 0 Å². The lowest BCUT2D eigenvalue weighted by Crippen LogP contribution is -2.27. The molecule has 1 aromatic rings. The highest BCUT2D eigenvalue weighted by Crippen LogP contribution is 2.26. The Kier molecular flexibility index (Phi) is 6.67. The van der Waals surface area contributed by atoms with Crippen molar-refractivity contribution in [1.82, 2.24) is 0 Å². The molecular formula is C16H27ClN2. The Morgan fingerprint density at radius 1 is 1.26 bits per heavy atom. The van der Waals surface area contributed by atoms with Crippen molar-refractivity contribution in [1.29, 1.82) is 0 Å². The van der Waals surface area contributed by atoms with Gasteiger partial charge in [0.05, 0.1) is 0 Å². The van der Waals surface area contributed by atoms with Gasteiger partial charge in [-0.2, -0.15) is 0 Å². The van der Waals surface area contributed by atoms with Gasteiger partial charge in [0.1, 0.15) is 0 Å². The van der Waals surface area contributed by atoms with Crippen LogP contribution in [-0.2, 0) is 6.42 Å². The summed E-state index contributed by atoms with van der Waals surface area (Å²) < 4.78 is 0. The Bertz CT molecular complexity index is 392. The molecule has 0 heterocycles. The number of rotatable bonds is 7.